The fraction of sp³-hybridized carbons (Fsp3) is 0.292. The van der Waals surface area contributed by atoms with E-state index in [0.717, 1.165) is 22.0 Å². The molecule has 0 spiro atoms. The third kappa shape index (κ3) is 6.56. The van der Waals surface area contributed by atoms with Crippen LogP contribution in [0.1, 0.15) is 42.3 Å². The Balaban J connectivity index is 1.72. The van der Waals surface area contributed by atoms with Crippen molar-refractivity contribution in [2.45, 2.75) is 45.4 Å². The van der Waals surface area contributed by atoms with Crippen molar-refractivity contribution in [1.82, 2.24) is 21.2 Å². The van der Waals surface area contributed by atoms with Crippen LogP contribution in [0.2, 0.25) is 0 Å². The Morgan fingerprint density at radius 2 is 1.73 bits per heavy atom. The van der Waals surface area contributed by atoms with Crippen LogP contribution < -0.4 is 21.9 Å². The summed E-state index contributed by atoms with van der Waals surface area (Å²) in [6.45, 7) is 5.57. The van der Waals surface area contributed by atoms with Crippen molar-refractivity contribution in [3.8, 4) is 0 Å². The van der Waals surface area contributed by atoms with Crippen molar-refractivity contribution in [1.29, 1.82) is 0 Å². The van der Waals surface area contributed by atoms with Crippen LogP contribution in [0.15, 0.2) is 54.7 Å². The molecule has 6 N–H and O–H groups in total. The van der Waals surface area contributed by atoms with Crippen molar-refractivity contribution < 1.29 is 19.1 Å². The van der Waals surface area contributed by atoms with Gasteiger partial charge < -0.3 is 20.8 Å². The van der Waals surface area contributed by atoms with Gasteiger partial charge in [-0.1, -0.05) is 30.3 Å². The van der Waals surface area contributed by atoms with Gasteiger partial charge in [-0.3, -0.25) is 20.4 Å². The van der Waals surface area contributed by atoms with Gasteiger partial charge in [0, 0.05) is 35.6 Å². The van der Waals surface area contributed by atoms with Gasteiger partial charge in [0.25, 0.3) is 11.8 Å². The van der Waals surface area contributed by atoms with Crippen molar-refractivity contribution >= 4 is 28.8 Å². The molecule has 0 saturated heterocycles. The maximum atomic E-state index is 12.9. The molecule has 0 saturated carbocycles. The third-order valence-electron chi connectivity index (χ3n) is 4.86. The van der Waals surface area contributed by atoms with Crippen molar-refractivity contribution in [2.24, 2.45) is 5.73 Å². The molecule has 0 radical (unpaired) electrons. The number of para-hydroxylation sites is 1. The van der Waals surface area contributed by atoms with E-state index in [2.05, 4.69) is 21.2 Å². The second-order valence-corrected chi connectivity index (χ2v) is 8.61. The van der Waals surface area contributed by atoms with E-state index in [0.29, 0.717) is 12.1 Å². The summed E-state index contributed by atoms with van der Waals surface area (Å²) in [7, 11) is 0. The third-order valence-corrected chi connectivity index (χ3v) is 4.86. The highest BCUT2D eigenvalue weighted by molar-refractivity contribution is 5.96. The molecule has 0 aliphatic carbocycles. The SMILES string of the molecule is CC(C)(C)OC(=O)N[C@H](Cc1c[nH]c2ccccc12)C(=O)NNC(=O)c1ccc(CN)cc1. The fourth-order valence-corrected chi connectivity index (χ4v) is 3.25. The number of nitrogens with two attached hydrogens (primary N) is 1. The zero-order valence-corrected chi connectivity index (χ0v) is 18.9. The highest BCUT2D eigenvalue weighted by atomic mass is 16.6. The van der Waals surface area contributed by atoms with E-state index in [-0.39, 0.29) is 6.42 Å². The van der Waals surface area contributed by atoms with Gasteiger partial charge in [0.1, 0.15) is 11.6 Å². The summed E-state index contributed by atoms with van der Waals surface area (Å²) in [4.78, 5) is 40.8. The van der Waals surface area contributed by atoms with Gasteiger partial charge in [-0.05, 0) is 50.1 Å². The Kier molecular flexibility index (Phi) is 7.34. The van der Waals surface area contributed by atoms with E-state index in [1.807, 2.05) is 24.3 Å². The molecule has 0 aliphatic rings. The van der Waals surface area contributed by atoms with Crippen molar-refractivity contribution in [3.05, 3.63) is 71.4 Å². The van der Waals surface area contributed by atoms with Crippen LogP contribution in [0.4, 0.5) is 4.79 Å². The van der Waals surface area contributed by atoms with Gasteiger partial charge >= 0.3 is 6.09 Å². The number of ether oxygens (including phenoxy) is 1. The van der Waals surface area contributed by atoms with Gasteiger partial charge in [0.05, 0.1) is 0 Å². The standard InChI is InChI=1S/C24H29N5O4/c1-24(2,3)33-23(32)27-20(12-17-14-26-19-7-5-4-6-18(17)19)22(31)29-28-21(30)16-10-8-15(13-25)9-11-16/h4-11,14,20,26H,12-13,25H2,1-3H3,(H,27,32)(H,28,30)(H,29,31)/t20-/m1/s1. The molecule has 2 aromatic carbocycles. The molecule has 9 heteroatoms. The lowest BCUT2D eigenvalue weighted by Gasteiger charge is -2.23. The average molecular weight is 452 g/mol. The minimum absolute atomic E-state index is 0.191. The van der Waals surface area contributed by atoms with Crippen LogP contribution in [-0.2, 0) is 22.5 Å². The molecular weight excluding hydrogens is 422 g/mol. The number of amides is 3. The fourth-order valence-electron chi connectivity index (χ4n) is 3.25. The van der Waals surface area contributed by atoms with E-state index in [1.54, 1.807) is 51.2 Å². The zero-order chi connectivity index (χ0) is 24.0. The number of hydrogen-bond acceptors (Lipinski definition) is 5. The molecule has 3 amide bonds. The van der Waals surface area contributed by atoms with E-state index >= 15 is 0 Å². The number of nitrogens with one attached hydrogen (secondary N) is 4. The summed E-state index contributed by atoms with van der Waals surface area (Å²) in [6.07, 6.45) is 1.25. The summed E-state index contributed by atoms with van der Waals surface area (Å²) in [5.74, 6) is -1.08. The van der Waals surface area contributed by atoms with Crippen molar-refractivity contribution in [3.63, 3.8) is 0 Å². The number of fused-ring (bicyclic) bond motifs is 1. The molecule has 0 aliphatic heterocycles. The highest BCUT2D eigenvalue weighted by Crippen LogP contribution is 2.19. The van der Waals surface area contributed by atoms with Crippen LogP contribution in [0.25, 0.3) is 10.9 Å². The number of alkyl carbamates (subject to hydrolysis) is 1. The van der Waals surface area contributed by atoms with E-state index < -0.39 is 29.6 Å². The van der Waals surface area contributed by atoms with E-state index in [9.17, 15) is 14.4 Å². The lowest BCUT2D eigenvalue weighted by Crippen LogP contribution is -2.53. The largest absolute Gasteiger partial charge is 0.444 e. The quantitative estimate of drug-likeness (QED) is 0.367. The topological polar surface area (TPSA) is 138 Å². The summed E-state index contributed by atoms with van der Waals surface area (Å²) in [5.41, 5.74) is 12.6. The predicted octanol–water partition coefficient (Wildman–Crippen LogP) is 2.52. The Morgan fingerprint density at radius 1 is 1.03 bits per heavy atom. The maximum Gasteiger partial charge on any atom is 0.408 e. The number of aromatic amines is 1. The van der Waals surface area contributed by atoms with E-state index in [4.69, 9.17) is 10.5 Å². The first kappa shape index (κ1) is 23.8. The number of H-pyrrole nitrogens is 1. The molecule has 33 heavy (non-hydrogen) atoms. The summed E-state index contributed by atoms with van der Waals surface area (Å²) in [6, 6.07) is 13.4. The number of carbonyl (C=O) groups is 3. The molecule has 1 heterocycles. The number of hydrogen-bond donors (Lipinski definition) is 5. The van der Waals surface area contributed by atoms with Gasteiger partial charge in [0.2, 0.25) is 0 Å². The molecule has 9 nitrogen and oxygen atoms in total. The van der Waals surface area contributed by atoms with Crippen molar-refractivity contribution in [2.75, 3.05) is 0 Å². The molecule has 1 aromatic heterocycles. The molecule has 0 fully saturated rings. The number of hydrazine groups is 1. The van der Waals surface area contributed by atoms with Gasteiger partial charge in [-0.25, -0.2) is 4.79 Å². The van der Waals surface area contributed by atoms with Gasteiger partial charge in [-0.2, -0.15) is 0 Å². The zero-order valence-electron chi connectivity index (χ0n) is 18.9. The van der Waals surface area contributed by atoms with Crippen LogP contribution >= 0.6 is 0 Å². The Hall–Kier alpha value is -3.85. The molecule has 3 rings (SSSR count). The monoisotopic (exact) mass is 451 g/mol. The van der Waals surface area contributed by atoms with Crippen LogP contribution in [-0.4, -0.2) is 34.5 Å². The first-order valence-corrected chi connectivity index (χ1v) is 10.6. The summed E-state index contributed by atoms with van der Waals surface area (Å²) in [5, 5.41) is 3.54. The molecule has 0 unspecified atom stereocenters. The molecule has 1 atom stereocenters. The van der Waals surface area contributed by atoms with Gasteiger partial charge in [-0.15, -0.1) is 0 Å². The first-order chi connectivity index (χ1) is 15.7. The van der Waals surface area contributed by atoms with Crippen LogP contribution in [0.3, 0.4) is 0 Å². The highest BCUT2D eigenvalue weighted by Gasteiger charge is 2.26. The average Bonchev–Trinajstić information content (AvgIpc) is 3.18. The number of aromatic nitrogens is 1. The smallest absolute Gasteiger partial charge is 0.408 e. The summed E-state index contributed by atoms with van der Waals surface area (Å²) >= 11 is 0. The summed E-state index contributed by atoms with van der Waals surface area (Å²) < 4.78 is 5.31. The Bertz CT molecular complexity index is 1130. The number of benzene rings is 2. The molecule has 0 bridgehead atoms. The van der Waals surface area contributed by atoms with E-state index in [1.165, 1.54) is 0 Å². The number of rotatable bonds is 6. The van der Waals surface area contributed by atoms with Crippen LogP contribution in [0.5, 0.6) is 0 Å². The first-order valence-electron chi connectivity index (χ1n) is 10.6. The Labute approximate surface area is 192 Å². The minimum Gasteiger partial charge on any atom is -0.444 e. The van der Waals surface area contributed by atoms with Gasteiger partial charge in [0.15, 0.2) is 0 Å². The predicted molar refractivity (Wildman–Crippen MR) is 125 cm³/mol. The number of carbonyl (C=O) groups excluding carboxylic acids is 3. The lowest BCUT2D eigenvalue weighted by molar-refractivity contribution is -0.124. The van der Waals surface area contributed by atoms with Crippen LogP contribution in [0, 0.1) is 0 Å². The second-order valence-electron chi connectivity index (χ2n) is 8.61. The maximum absolute atomic E-state index is 12.9. The molecular formula is C24H29N5O4. The Morgan fingerprint density at radius 3 is 2.39 bits per heavy atom. The molecule has 174 valence electrons. The normalized spacial score (nSPS) is 12.1. The minimum atomic E-state index is -0.987. The second kappa shape index (κ2) is 10.2. The molecule has 3 aromatic rings. The lowest BCUT2D eigenvalue weighted by atomic mass is 10.0.